The van der Waals surface area contributed by atoms with Crippen LogP contribution >= 0.6 is 0 Å². The minimum Gasteiger partial charge on any atom is -0.0964 e. The first kappa shape index (κ1) is 8.86. The first-order valence-electron chi connectivity index (χ1n) is 5.15. The van der Waals surface area contributed by atoms with E-state index in [9.17, 15) is 0 Å². The Kier molecular flexibility index (Phi) is 2.43. The van der Waals surface area contributed by atoms with E-state index in [2.05, 4.69) is 25.1 Å². The zero-order valence-electron chi connectivity index (χ0n) is 8.16. The predicted molar refractivity (Wildman–Crippen MR) is 57.6 cm³/mol. The highest BCUT2D eigenvalue weighted by molar-refractivity contribution is 6.32. The molecule has 1 aromatic rings. The van der Waals surface area contributed by atoms with Crippen molar-refractivity contribution in [2.24, 2.45) is 5.92 Å². The van der Waals surface area contributed by atoms with Crippen LogP contribution in [0.1, 0.15) is 37.7 Å². The second-order valence-electron chi connectivity index (χ2n) is 4.11. The summed E-state index contributed by atoms with van der Waals surface area (Å²) in [6.07, 6.45) is 4.05. The molecule has 0 N–H and O–H groups in total. The third-order valence-corrected chi connectivity index (χ3v) is 3.20. The Bertz CT molecular complexity index is 287. The summed E-state index contributed by atoms with van der Waals surface area (Å²) in [7, 11) is 5.74. The fraction of sp³-hybridized carbons (Fsp3) is 0.500. The number of benzene rings is 1. The van der Waals surface area contributed by atoms with Gasteiger partial charge in [0.2, 0.25) is 0 Å². The molecule has 0 nitrogen and oxygen atoms in total. The van der Waals surface area contributed by atoms with Gasteiger partial charge in [0.15, 0.2) is 0 Å². The Morgan fingerprint density at radius 1 is 1.38 bits per heavy atom. The molecule has 0 saturated heterocycles. The van der Waals surface area contributed by atoms with Gasteiger partial charge in [-0.2, -0.15) is 0 Å². The lowest BCUT2D eigenvalue weighted by molar-refractivity contribution is 0.256. The lowest BCUT2D eigenvalue weighted by Crippen LogP contribution is -2.22. The molecule has 2 rings (SSSR count). The van der Waals surface area contributed by atoms with Gasteiger partial charge in [-0.05, 0) is 30.2 Å². The van der Waals surface area contributed by atoms with Crippen LogP contribution in [0.25, 0.3) is 0 Å². The largest absolute Gasteiger partial charge is 0.113 e. The monoisotopic (exact) mass is 170 g/mol. The van der Waals surface area contributed by atoms with Gasteiger partial charge in [0.05, 0.1) is 0 Å². The Morgan fingerprint density at radius 2 is 2.15 bits per heavy atom. The minimum absolute atomic E-state index is 0.786. The molecule has 1 aliphatic rings. The van der Waals surface area contributed by atoms with E-state index in [0.717, 1.165) is 17.3 Å². The van der Waals surface area contributed by atoms with Crippen molar-refractivity contribution in [2.75, 3.05) is 0 Å². The third kappa shape index (κ3) is 1.79. The molecule has 0 spiro atoms. The normalized spacial score (nSPS) is 26.8. The molecule has 0 amide bonds. The maximum absolute atomic E-state index is 5.74. The molecule has 0 atom stereocenters. The Hall–Kier alpha value is -0.715. The van der Waals surface area contributed by atoms with Crippen LogP contribution in [0.15, 0.2) is 24.3 Å². The van der Waals surface area contributed by atoms with Crippen LogP contribution in [0, 0.1) is 5.92 Å². The molecule has 0 aromatic heterocycles. The molecule has 0 aliphatic heterocycles. The van der Waals surface area contributed by atoms with E-state index < -0.39 is 0 Å². The van der Waals surface area contributed by atoms with E-state index in [0.29, 0.717) is 0 Å². The van der Waals surface area contributed by atoms with Gasteiger partial charge in [-0.25, -0.2) is 0 Å². The molecule has 0 bridgehead atoms. The minimum atomic E-state index is 0.786. The highest BCUT2D eigenvalue weighted by Crippen LogP contribution is 2.42. The predicted octanol–water partition coefficient (Wildman–Crippen LogP) is 2.38. The molecule has 1 fully saturated rings. The van der Waals surface area contributed by atoms with E-state index >= 15 is 0 Å². The van der Waals surface area contributed by atoms with E-state index in [-0.39, 0.29) is 0 Å². The topological polar surface area (TPSA) is 0 Å². The average Bonchev–Trinajstić information content (AvgIpc) is 2.02. The summed E-state index contributed by atoms with van der Waals surface area (Å²) in [6, 6.07) is 8.34. The highest BCUT2D eigenvalue weighted by Gasteiger charge is 2.28. The van der Waals surface area contributed by atoms with Crippen molar-refractivity contribution in [3.8, 4) is 0 Å². The fourth-order valence-corrected chi connectivity index (χ4v) is 2.15. The molecule has 1 saturated carbocycles. The Balaban J connectivity index is 2.03. The van der Waals surface area contributed by atoms with Crippen LogP contribution < -0.4 is 5.46 Å². The summed E-state index contributed by atoms with van der Waals surface area (Å²) < 4.78 is 0. The van der Waals surface area contributed by atoms with Gasteiger partial charge in [-0.3, -0.25) is 0 Å². The van der Waals surface area contributed by atoms with Gasteiger partial charge in [0.25, 0.3) is 0 Å². The highest BCUT2D eigenvalue weighted by atomic mass is 14.3. The van der Waals surface area contributed by atoms with Gasteiger partial charge in [-0.1, -0.05) is 43.1 Å². The molecular weight excluding hydrogens is 155 g/mol. The summed E-state index contributed by atoms with van der Waals surface area (Å²) in [5.41, 5.74) is 2.34. The number of hydrogen-bond acceptors (Lipinski definition) is 0. The van der Waals surface area contributed by atoms with Crippen LogP contribution in [0.2, 0.25) is 0 Å². The fourth-order valence-electron chi connectivity index (χ4n) is 2.15. The Labute approximate surface area is 81.8 Å². The summed E-state index contributed by atoms with van der Waals surface area (Å²) in [5, 5.41) is 0. The third-order valence-electron chi connectivity index (χ3n) is 3.20. The van der Waals surface area contributed by atoms with Gasteiger partial charge < -0.3 is 0 Å². The second kappa shape index (κ2) is 3.57. The summed E-state index contributed by atoms with van der Waals surface area (Å²) >= 11 is 0. The van der Waals surface area contributed by atoms with Crippen molar-refractivity contribution in [2.45, 2.75) is 32.1 Å². The smallest absolute Gasteiger partial charge is 0.0964 e. The van der Waals surface area contributed by atoms with Crippen LogP contribution in [-0.2, 0) is 0 Å². The molecule has 1 aromatic carbocycles. The first-order chi connectivity index (χ1) is 6.29. The van der Waals surface area contributed by atoms with Gasteiger partial charge in [0, 0.05) is 0 Å². The van der Waals surface area contributed by atoms with Crippen molar-refractivity contribution in [3.05, 3.63) is 29.8 Å². The second-order valence-corrected chi connectivity index (χ2v) is 4.11. The zero-order valence-corrected chi connectivity index (χ0v) is 8.16. The SMILES string of the molecule is [B]c1cccc(C2CC(CC)C2)c1. The molecule has 1 aliphatic carbocycles. The number of hydrogen-bond donors (Lipinski definition) is 0. The van der Waals surface area contributed by atoms with Crippen molar-refractivity contribution >= 4 is 13.3 Å². The molecule has 66 valence electrons. The lowest BCUT2D eigenvalue weighted by atomic mass is 9.70. The van der Waals surface area contributed by atoms with Crippen LogP contribution in [-0.4, -0.2) is 7.85 Å². The van der Waals surface area contributed by atoms with Gasteiger partial charge in [0.1, 0.15) is 7.85 Å². The molecule has 13 heavy (non-hydrogen) atoms. The van der Waals surface area contributed by atoms with Crippen LogP contribution in [0.3, 0.4) is 0 Å². The van der Waals surface area contributed by atoms with Gasteiger partial charge >= 0.3 is 0 Å². The summed E-state index contributed by atoms with van der Waals surface area (Å²) in [5.74, 6) is 1.75. The zero-order chi connectivity index (χ0) is 9.26. The quantitative estimate of drug-likeness (QED) is 0.597. The average molecular weight is 170 g/mol. The maximum atomic E-state index is 5.74. The van der Waals surface area contributed by atoms with E-state index in [4.69, 9.17) is 7.85 Å². The summed E-state index contributed by atoms with van der Waals surface area (Å²) in [4.78, 5) is 0. The molecule has 0 unspecified atom stereocenters. The Morgan fingerprint density at radius 3 is 2.77 bits per heavy atom. The van der Waals surface area contributed by atoms with Crippen molar-refractivity contribution < 1.29 is 0 Å². The first-order valence-corrected chi connectivity index (χ1v) is 5.15. The molecule has 1 heteroatoms. The molecule has 0 heterocycles. The maximum Gasteiger partial charge on any atom is 0.113 e. The number of rotatable bonds is 2. The van der Waals surface area contributed by atoms with Crippen molar-refractivity contribution in [1.29, 1.82) is 0 Å². The standard InChI is InChI=1S/C12H15B/c1-2-9-6-11(7-9)10-4-3-5-12(13)8-10/h3-5,8-9,11H,2,6-7H2,1H3. The molecule has 2 radical (unpaired) electrons. The lowest BCUT2D eigenvalue weighted by Gasteiger charge is -2.35. The van der Waals surface area contributed by atoms with E-state index in [1.807, 2.05) is 6.07 Å². The van der Waals surface area contributed by atoms with Crippen LogP contribution in [0.5, 0.6) is 0 Å². The summed E-state index contributed by atoms with van der Waals surface area (Å²) in [6.45, 7) is 2.28. The van der Waals surface area contributed by atoms with Gasteiger partial charge in [-0.15, -0.1) is 0 Å². The van der Waals surface area contributed by atoms with Crippen LogP contribution in [0.4, 0.5) is 0 Å². The van der Waals surface area contributed by atoms with Crippen molar-refractivity contribution in [1.82, 2.24) is 0 Å². The van der Waals surface area contributed by atoms with E-state index in [1.54, 1.807) is 0 Å². The van der Waals surface area contributed by atoms with E-state index in [1.165, 1.54) is 24.8 Å². The molecular formula is C12H15B. The van der Waals surface area contributed by atoms with Crippen molar-refractivity contribution in [3.63, 3.8) is 0 Å².